The fourth-order valence-corrected chi connectivity index (χ4v) is 0.599. The molecular formula is C7H12N2O2. The zero-order valence-electron chi connectivity index (χ0n) is 6.30. The first kappa shape index (κ1) is 9.68. The molecule has 0 saturated heterocycles. The van der Waals surface area contributed by atoms with Crippen molar-refractivity contribution in [1.82, 2.24) is 0 Å². The first-order chi connectivity index (χ1) is 5.04. The Labute approximate surface area is 65.2 Å². The number of rotatable bonds is 5. The molecule has 0 bridgehead atoms. The van der Waals surface area contributed by atoms with Crippen molar-refractivity contribution in [3.63, 3.8) is 0 Å². The van der Waals surface area contributed by atoms with E-state index in [2.05, 4.69) is 6.58 Å². The van der Waals surface area contributed by atoms with Crippen LogP contribution in [0.1, 0.15) is 19.3 Å². The molecule has 0 saturated carbocycles. The van der Waals surface area contributed by atoms with Gasteiger partial charge in [0.05, 0.1) is 0 Å². The van der Waals surface area contributed by atoms with Crippen molar-refractivity contribution in [2.24, 2.45) is 11.5 Å². The normalized spacial score (nSPS) is 9.09. The molecule has 4 heteroatoms. The highest BCUT2D eigenvalue weighted by Gasteiger charge is 2.01. The Hall–Kier alpha value is -1.32. The molecule has 2 amide bonds. The van der Waals surface area contributed by atoms with Gasteiger partial charge in [-0.15, -0.1) is 0 Å². The van der Waals surface area contributed by atoms with Crippen LogP contribution in [0.3, 0.4) is 0 Å². The molecule has 0 aromatic heterocycles. The van der Waals surface area contributed by atoms with Crippen LogP contribution in [0, 0.1) is 0 Å². The maximum Gasteiger partial charge on any atom is 0.244 e. The Morgan fingerprint density at radius 1 is 1.18 bits per heavy atom. The van der Waals surface area contributed by atoms with Gasteiger partial charge in [0.1, 0.15) is 0 Å². The highest BCUT2D eigenvalue weighted by atomic mass is 16.1. The summed E-state index contributed by atoms with van der Waals surface area (Å²) in [6, 6.07) is 0. The molecule has 0 radical (unpaired) electrons. The van der Waals surface area contributed by atoms with Crippen LogP contribution >= 0.6 is 0 Å². The van der Waals surface area contributed by atoms with Gasteiger partial charge in [-0.2, -0.15) is 0 Å². The molecule has 4 N–H and O–H groups in total. The van der Waals surface area contributed by atoms with E-state index >= 15 is 0 Å². The second-order valence-electron chi connectivity index (χ2n) is 2.29. The summed E-state index contributed by atoms with van der Waals surface area (Å²) < 4.78 is 0. The van der Waals surface area contributed by atoms with Crippen molar-refractivity contribution in [3.8, 4) is 0 Å². The van der Waals surface area contributed by atoms with Crippen LogP contribution in [0.4, 0.5) is 0 Å². The first-order valence-electron chi connectivity index (χ1n) is 3.30. The van der Waals surface area contributed by atoms with Crippen LogP contribution in [0.15, 0.2) is 12.2 Å². The number of carbonyl (C=O) groups is 2. The zero-order valence-corrected chi connectivity index (χ0v) is 6.30. The van der Waals surface area contributed by atoms with Gasteiger partial charge in [0.2, 0.25) is 11.8 Å². The van der Waals surface area contributed by atoms with E-state index < -0.39 is 5.91 Å². The highest BCUT2D eigenvalue weighted by Crippen LogP contribution is 2.03. The summed E-state index contributed by atoms with van der Waals surface area (Å²) in [5, 5.41) is 0. The molecule has 62 valence electrons. The molecule has 11 heavy (non-hydrogen) atoms. The molecule has 0 aromatic rings. The fourth-order valence-electron chi connectivity index (χ4n) is 0.599. The minimum atomic E-state index is -0.519. The van der Waals surface area contributed by atoms with Crippen molar-refractivity contribution in [1.29, 1.82) is 0 Å². The molecule has 0 atom stereocenters. The van der Waals surface area contributed by atoms with Gasteiger partial charge in [-0.25, -0.2) is 0 Å². The van der Waals surface area contributed by atoms with Crippen molar-refractivity contribution in [2.45, 2.75) is 19.3 Å². The van der Waals surface area contributed by atoms with Crippen LogP contribution in [-0.2, 0) is 9.59 Å². The maximum atomic E-state index is 10.4. The van der Waals surface area contributed by atoms with E-state index in [0.717, 1.165) is 0 Å². The third-order valence-corrected chi connectivity index (χ3v) is 1.25. The van der Waals surface area contributed by atoms with Gasteiger partial charge in [0, 0.05) is 12.0 Å². The Bertz CT molecular complexity index is 187. The summed E-state index contributed by atoms with van der Waals surface area (Å²) in [4.78, 5) is 20.6. The molecule has 0 rings (SSSR count). The van der Waals surface area contributed by atoms with Crippen LogP contribution in [-0.4, -0.2) is 11.8 Å². The SMILES string of the molecule is C=C(CCCC(N)=O)C(N)=O. The summed E-state index contributed by atoms with van der Waals surface area (Å²) in [7, 11) is 0. The highest BCUT2D eigenvalue weighted by molar-refractivity contribution is 5.91. The molecule has 4 nitrogen and oxygen atoms in total. The van der Waals surface area contributed by atoms with E-state index in [1.54, 1.807) is 0 Å². The minimum absolute atomic E-state index is 0.270. The average molecular weight is 156 g/mol. The molecule has 0 aliphatic rings. The van der Waals surface area contributed by atoms with Gasteiger partial charge in [0.15, 0.2) is 0 Å². The van der Waals surface area contributed by atoms with E-state index in [9.17, 15) is 9.59 Å². The summed E-state index contributed by atoms with van der Waals surface area (Å²) >= 11 is 0. The lowest BCUT2D eigenvalue weighted by molar-refractivity contribution is -0.118. The zero-order chi connectivity index (χ0) is 8.85. The topological polar surface area (TPSA) is 86.2 Å². The summed E-state index contributed by atoms with van der Waals surface area (Å²) in [6.07, 6.45) is 1.25. The lowest BCUT2D eigenvalue weighted by Crippen LogP contribution is -2.14. The van der Waals surface area contributed by atoms with E-state index in [1.165, 1.54) is 0 Å². The Balaban J connectivity index is 3.47. The third-order valence-electron chi connectivity index (χ3n) is 1.25. The molecule has 0 fully saturated rings. The van der Waals surface area contributed by atoms with Crippen LogP contribution in [0.2, 0.25) is 0 Å². The van der Waals surface area contributed by atoms with Gasteiger partial charge in [-0.3, -0.25) is 9.59 Å². The first-order valence-corrected chi connectivity index (χ1v) is 3.30. The lowest BCUT2D eigenvalue weighted by atomic mass is 10.1. The smallest absolute Gasteiger partial charge is 0.244 e. The van der Waals surface area contributed by atoms with Gasteiger partial charge in [0.25, 0.3) is 0 Å². The second kappa shape index (κ2) is 4.49. The van der Waals surface area contributed by atoms with Crippen molar-refractivity contribution >= 4 is 11.8 Å². The average Bonchev–Trinajstić information content (AvgIpc) is 1.86. The van der Waals surface area contributed by atoms with Crippen LogP contribution < -0.4 is 11.5 Å². The molecular weight excluding hydrogens is 144 g/mol. The van der Waals surface area contributed by atoms with Crippen molar-refractivity contribution < 1.29 is 9.59 Å². The predicted molar refractivity (Wildman–Crippen MR) is 41.4 cm³/mol. The summed E-state index contributed by atoms with van der Waals surface area (Å²) in [5.74, 6) is -0.892. The number of nitrogens with two attached hydrogens (primary N) is 2. The van der Waals surface area contributed by atoms with Crippen LogP contribution in [0.25, 0.3) is 0 Å². The molecule has 0 heterocycles. The standard InChI is InChI=1S/C7H12N2O2/c1-5(7(9)11)3-2-4-6(8)10/h1-4H2,(H2,8,10)(H2,9,11). The molecule has 0 aromatic carbocycles. The Morgan fingerprint density at radius 3 is 2.09 bits per heavy atom. The van der Waals surface area contributed by atoms with Gasteiger partial charge in [-0.05, 0) is 12.8 Å². The molecule has 0 spiro atoms. The van der Waals surface area contributed by atoms with Gasteiger partial charge >= 0.3 is 0 Å². The van der Waals surface area contributed by atoms with E-state index in [1.807, 2.05) is 0 Å². The molecule has 0 aliphatic heterocycles. The summed E-state index contributed by atoms with van der Waals surface area (Å²) in [6.45, 7) is 3.42. The monoisotopic (exact) mass is 156 g/mol. The lowest BCUT2D eigenvalue weighted by Gasteiger charge is -1.97. The van der Waals surface area contributed by atoms with Crippen molar-refractivity contribution in [3.05, 3.63) is 12.2 Å². The fraction of sp³-hybridized carbons (Fsp3) is 0.429. The minimum Gasteiger partial charge on any atom is -0.370 e. The van der Waals surface area contributed by atoms with Crippen molar-refractivity contribution in [2.75, 3.05) is 0 Å². The van der Waals surface area contributed by atoms with Gasteiger partial charge in [-0.1, -0.05) is 6.58 Å². The maximum absolute atomic E-state index is 10.4. The van der Waals surface area contributed by atoms with E-state index in [-0.39, 0.29) is 12.3 Å². The quantitative estimate of drug-likeness (QED) is 0.534. The number of hydrogen-bond acceptors (Lipinski definition) is 2. The Kier molecular flexibility index (Phi) is 3.95. The van der Waals surface area contributed by atoms with E-state index in [4.69, 9.17) is 11.5 Å². The predicted octanol–water partition coefficient (Wildman–Crippen LogP) is -0.317. The van der Waals surface area contributed by atoms with Crippen LogP contribution in [0.5, 0.6) is 0 Å². The number of carbonyl (C=O) groups excluding carboxylic acids is 2. The summed E-state index contributed by atoms with van der Waals surface area (Å²) in [5.41, 5.74) is 10.1. The molecule has 0 unspecified atom stereocenters. The van der Waals surface area contributed by atoms with Gasteiger partial charge < -0.3 is 11.5 Å². The number of primary amides is 2. The second-order valence-corrected chi connectivity index (χ2v) is 2.29. The molecule has 0 aliphatic carbocycles. The Morgan fingerprint density at radius 2 is 1.73 bits per heavy atom. The largest absolute Gasteiger partial charge is 0.370 e. The van der Waals surface area contributed by atoms with E-state index in [0.29, 0.717) is 18.4 Å². The number of amides is 2. The number of hydrogen-bond donors (Lipinski definition) is 2. The third kappa shape index (κ3) is 5.14.